The fourth-order valence-electron chi connectivity index (χ4n) is 7.01. The molecule has 0 N–H and O–H groups in total. The van der Waals surface area contributed by atoms with Gasteiger partial charge in [-0.05, 0) is 42.7 Å². The van der Waals surface area contributed by atoms with E-state index in [1.807, 2.05) is 42.5 Å². The summed E-state index contributed by atoms with van der Waals surface area (Å²) in [6.45, 7) is 6.55. The predicted octanol–water partition coefficient (Wildman–Crippen LogP) is 4.56. The number of rotatable bonds is 6. The van der Waals surface area contributed by atoms with Crippen molar-refractivity contribution < 1.29 is 9.59 Å². The first-order valence-corrected chi connectivity index (χ1v) is 15.4. The molecular formula is C35H34N8O2. The molecule has 226 valence electrons. The maximum absolute atomic E-state index is 14.6. The number of aromatic nitrogens is 1. The van der Waals surface area contributed by atoms with Crippen molar-refractivity contribution in [2.24, 2.45) is 5.92 Å². The third kappa shape index (κ3) is 5.43. The molecule has 6 rings (SSSR count). The molecule has 2 amide bonds. The average molecular weight is 599 g/mol. The summed E-state index contributed by atoms with van der Waals surface area (Å²) in [6.07, 6.45) is 4.03. The van der Waals surface area contributed by atoms with Crippen molar-refractivity contribution in [3.8, 4) is 18.2 Å². The van der Waals surface area contributed by atoms with Crippen LogP contribution in [-0.4, -0.2) is 67.0 Å². The highest BCUT2D eigenvalue weighted by Crippen LogP contribution is 2.39. The quantitative estimate of drug-likeness (QED) is 0.378. The minimum atomic E-state index is -0.362. The van der Waals surface area contributed by atoms with Crippen LogP contribution in [0.1, 0.15) is 47.2 Å². The van der Waals surface area contributed by atoms with E-state index in [9.17, 15) is 25.4 Å². The molecule has 1 atom stereocenters. The minimum Gasteiger partial charge on any atom is -0.355 e. The molecule has 0 bridgehead atoms. The van der Waals surface area contributed by atoms with Crippen molar-refractivity contribution in [1.82, 2.24) is 9.88 Å². The molecule has 10 nitrogen and oxygen atoms in total. The van der Waals surface area contributed by atoms with E-state index in [2.05, 4.69) is 34.6 Å². The zero-order valence-corrected chi connectivity index (χ0v) is 25.2. The van der Waals surface area contributed by atoms with Gasteiger partial charge in [-0.2, -0.15) is 15.8 Å². The Morgan fingerprint density at radius 3 is 2.42 bits per heavy atom. The van der Waals surface area contributed by atoms with Gasteiger partial charge in [0, 0.05) is 56.6 Å². The van der Waals surface area contributed by atoms with Crippen LogP contribution in [0.5, 0.6) is 0 Å². The van der Waals surface area contributed by atoms with Crippen LogP contribution >= 0.6 is 0 Å². The number of benzene rings is 2. The normalized spacial score (nSPS) is 18.6. The van der Waals surface area contributed by atoms with E-state index in [1.165, 1.54) is 6.08 Å². The fraction of sp³-hybridized carbons (Fsp3) is 0.371. The molecule has 2 fully saturated rings. The maximum atomic E-state index is 14.6. The van der Waals surface area contributed by atoms with E-state index in [0.29, 0.717) is 75.2 Å². The summed E-state index contributed by atoms with van der Waals surface area (Å²) in [4.78, 5) is 39.9. The van der Waals surface area contributed by atoms with Gasteiger partial charge >= 0.3 is 0 Å². The van der Waals surface area contributed by atoms with Crippen LogP contribution in [0.4, 0.5) is 17.3 Å². The molecule has 2 saturated heterocycles. The second-order valence-electron chi connectivity index (χ2n) is 11.8. The smallest absolute Gasteiger partial charge is 0.260 e. The molecule has 4 heterocycles. The fourth-order valence-corrected chi connectivity index (χ4v) is 7.01. The van der Waals surface area contributed by atoms with Gasteiger partial charge in [0.1, 0.15) is 23.3 Å². The summed E-state index contributed by atoms with van der Waals surface area (Å²) in [5.41, 5.74) is 2.18. The topological polar surface area (TPSA) is 131 Å². The highest BCUT2D eigenvalue weighted by atomic mass is 16.2. The van der Waals surface area contributed by atoms with Crippen molar-refractivity contribution in [2.75, 3.05) is 54.0 Å². The highest BCUT2D eigenvalue weighted by molar-refractivity contribution is 6.14. The molecule has 3 aliphatic heterocycles. The molecule has 3 aliphatic rings. The average Bonchev–Trinajstić information content (AvgIpc) is 3.08. The van der Waals surface area contributed by atoms with Gasteiger partial charge in [-0.15, -0.1) is 0 Å². The van der Waals surface area contributed by atoms with Crippen LogP contribution in [0.25, 0.3) is 10.8 Å². The third-order valence-corrected chi connectivity index (χ3v) is 9.33. The number of piperazine rings is 1. The number of piperidine rings is 1. The SMILES string of the molecule is C=CC(=O)N1CCN(c2nc(N3CCC(CC#N)CC3)c(C#N)c3c2CCN(c2cccc4ccccc24)C3=O)C[C@H]1CC#N. The number of carbonyl (C=O) groups is 2. The lowest BCUT2D eigenvalue weighted by molar-refractivity contribution is -0.128. The maximum Gasteiger partial charge on any atom is 0.260 e. The number of hydrogen-bond acceptors (Lipinski definition) is 8. The molecule has 45 heavy (non-hydrogen) atoms. The van der Waals surface area contributed by atoms with Gasteiger partial charge in [-0.3, -0.25) is 9.59 Å². The zero-order chi connectivity index (χ0) is 31.5. The first kappa shape index (κ1) is 29.7. The lowest BCUT2D eigenvalue weighted by Crippen LogP contribution is -2.55. The molecule has 0 aliphatic carbocycles. The molecule has 0 saturated carbocycles. The lowest BCUT2D eigenvalue weighted by Gasteiger charge is -2.43. The van der Waals surface area contributed by atoms with E-state index in [4.69, 9.17) is 4.98 Å². The number of nitriles is 3. The molecule has 2 aromatic carbocycles. The second-order valence-corrected chi connectivity index (χ2v) is 11.8. The lowest BCUT2D eigenvalue weighted by atomic mass is 9.91. The van der Waals surface area contributed by atoms with Crippen LogP contribution in [0, 0.1) is 39.9 Å². The molecule has 1 aromatic heterocycles. The van der Waals surface area contributed by atoms with Crippen LogP contribution in [0.3, 0.4) is 0 Å². The number of hydrogen-bond donors (Lipinski definition) is 0. The standard InChI is InChI=1S/C35H34N8O2/c1-2-31(44)42-21-20-41(23-26(42)11-16-37)33-28-14-19-43(30-9-5-7-25-6-3-4-8-27(25)30)35(45)32(28)29(22-38)34(39-33)40-17-12-24(10-15-36)13-18-40/h2-9,24,26H,1,10-14,17-21,23H2/t26-/m1/s1. The van der Waals surface area contributed by atoms with E-state index in [0.717, 1.165) is 34.9 Å². The van der Waals surface area contributed by atoms with Crippen molar-refractivity contribution >= 4 is 39.9 Å². The Labute approximate surface area is 263 Å². The molecule has 10 heteroatoms. The van der Waals surface area contributed by atoms with Crippen molar-refractivity contribution in [2.45, 2.75) is 38.1 Å². The number of carbonyl (C=O) groups excluding carboxylic acids is 2. The van der Waals surface area contributed by atoms with Crippen molar-refractivity contribution in [3.63, 3.8) is 0 Å². The summed E-state index contributed by atoms with van der Waals surface area (Å²) in [5.74, 6) is 0.961. The number of fused-ring (bicyclic) bond motifs is 2. The summed E-state index contributed by atoms with van der Waals surface area (Å²) in [7, 11) is 0. The Kier molecular flexibility index (Phi) is 8.36. The first-order chi connectivity index (χ1) is 22.0. The third-order valence-electron chi connectivity index (χ3n) is 9.33. The van der Waals surface area contributed by atoms with E-state index < -0.39 is 0 Å². The van der Waals surface area contributed by atoms with Gasteiger partial charge in [-0.25, -0.2) is 4.98 Å². The summed E-state index contributed by atoms with van der Waals surface area (Å²) in [5, 5.41) is 31.4. The summed E-state index contributed by atoms with van der Waals surface area (Å²) < 4.78 is 0. The Morgan fingerprint density at radius 2 is 1.69 bits per heavy atom. The van der Waals surface area contributed by atoms with Crippen LogP contribution < -0.4 is 14.7 Å². The Morgan fingerprint density at radius 1 is 0.933 bits per heavy atom. The zero-order valence-electron chi connectivity index (χ0n) is 25.2. The summed E-state index contributed by atoms with van der Waals surface area (Å²) >= 11 is 0. The van der Waals surface area contributed by atoms with Gasteiger partial charge < -0.3 is 19.6 Å². The van der Waals surface area contributed by atoms with Gasteiger partial charge in [0.05, 0.1) is 35.9 Å². The van der Waals surface area contributed by atoms with Gasteiger partial charge in [0.25, 0.3) is 5.91 Å². The molecular weight excluding hydrogens is 564 g/mol. The molecule has 3 aromatic rings. The van der Waals surface area contributed by atoms with E-state index >= 15 is 0 Å². The number of amides is 2. The molecule has 0 spiro atoms. The molecule has 0 radical (unpaired) electrons. The number of nitrogens with zero attached hydrogens (tertiary/aromatic N) is 8. The van der Waals surface area contributed by atoms with Crippen molar-refractivity contribution in [3.05, 3.63) is 71.8 Å². The van der Waals surface area contributed by atoms with E-state index in [-0.39, 0.29) is 29.8 Å². The number of pyridine rings is 1. The Bertz CT molecular complexity index is 1780. The van der Waals surface area contributed by atoms with E-state index in [1.54, 1.807) is 9.80 Å². The van der Waals surface area contributed by atoms with Crippen LogP contribution in [0.15, 0.2) is 55.1 Å². The van der Waals surface area contributed by atoms with Gasteiger partial charge in [0.15, 0.2) is 0 Å². The Balaban J connectivity index is 1.46. The largest absolute Gasteiger partial charge is 0.355 e. The second kappa shape index (κ2) is 12.7. The highest BCUT2D eigenvalue weighted by Gasteiger charge is 2.38. The van der Waals surface area contributed by atoms with Crippen molar-refractivity contribution in [1.29, 1.82) is 15.8 Å². The first-order valence-electron chi connectivity index (χ1n) is 15.4. The minimum absolute atomic E-state index is 0.154. The predicted molar refractivity (Wildman–Crippen MR) is 172 cm³/mol. The summed E-state index contributed by atoms with van der Waals surface area (Å²) in [6, 6.07) is 20.3. The van der Waals surface area contributed by atoms with Gasteiger partial charge in [-0.1, -0.05) is 43.0 Å². The number of anilines is 3. The Hall–Kier alpha value is -5.40. The van der Waals surface area contributed by atoms with Crippen LogP contribution in [-0.2, 0) is 11.2 Å². The van der Waals surface area contributed by atoms with Crippen LogP contribution in [0.2, 0.25) is 0 Å². The molecule has 0 unspecified atom stereocenters. The van der Waals surface area contributed by atoms with Gasteiger partial charge in [0.2, 0.25) is 5.91 Å². The monoisotopic (exact) mass is 598 g/mol.